The molecule has 0 aliphatic rings. The number of nitrogens with two attached hydrogens (primary N) is 1. The van der Waals surface area contributed by atoms with Crippen LogP contribution in [0.2, 0.25) is 0 Å². The number of halogens is 4. The van der Waals surface area contributed by atoms with E-state index in [2.05, 4.69) is 0 Å². The molecule has 0 amide bonds. The predicted octanol–water partition coefficient (Wildman–Crippen LogP) is 2.54. The van der Waals surface area contributed by atoms with Crippen LogP contribution in [0.4, 0.5) is 23.2 Å². The second kappa shape index (κ2) is 3.88. The molecule has 0 bridgehead atoms. The van der Waals surface area contributed by atoms with Crippen molar-refractivity contribution in [1.29, 1.82) is 0 Å². The molecule has 1 rings (SSSR count). The predicted molar refractivity (Wildman–Crippen MR) is 45.8 cm³/mol. The molecule has 0 saturated carbocycles. The van der Waals surface area contributed by atoms with Crippen LogP contribution in [-0.4, -0.2) is 12.0 Å². The summed E-state index contributed by atoms with van der Waals surface area (Å²) in [5.41, 5.74) is 4.56. The van der Waals surface area contributed by atoms with Crippen molar-refractivity contribution in [1.82, 2.24) is 0 Å². The van der Waals surface area contributed by atoms with E-state index in [0.29, 0.717) is 6.07 Å². The Morgan fingerprint density at radius 3 is 2.40 bits per heavy atom. The van der Waals surface area contributed by atoms with E-state index < -0.39 is 24.2 Å². The van der Waals surface area contributed by atoms with Crippen molar-refractivity contribution < 1.29 is 22.4 Å². The molecule has 0 atom stereocenters. The number of alkyl halides is 3. The number of carbonyl (C=O) groups is 1. The first-order valence-electron chi connectivity index (χ1n) is 3.94. The van der Waals surface area contributed by atoms with Crippen LogP contribution in [0.25, 0.3) is 0 Å². The topological polar surface area (TPSA) is 43.1 Å². The zero-order valence-electron chi connectivity index (χ0n) is 7.44. The van der Waals surface area contributed by atoms with Crippen molar-refractivity contribution in [2.24, 2.45) is 0 Å². The Morgan fingerprint density at radius 1 is 1.33 bits per heavy atom. The number of nitrogen functional groups attached to an aromatic ring is 1. The van der Waals surface area contributed by atoms with E-state index in [-0.39, 0.29) is 11.3 Å². The van der Waals surface area contributed by atoms with Crippen molar-refractivity contribution in [3.8, 4) is 0 Å². The summed E-state index contributed by atoms with van der Waals surface area (Å²) in [6.07, 6.45) is -6.19. The fourth-order valence-electron chi connectivity index (χ4n) is 0.985. The van der Waals surface area contributed by atoms with Crippen molar-refractivity contribution in [3.63, 3.8) is 0 Å². The molecule has 15 heavy (non-hydrogen) atoms. The Bertz CT molecular complexity index is 386. The molecule has 0 aromatic heterocycles. The Balaban J connectivity index is 2.88. The molecule has 1 aromatic rings. The summed E-state index contributed by atoms with van der Waals surface area (Å²) in [5, 5.41) is 0. The molecule has 0 aliphatic heterocycles. The second-order valence-corrected chi connectivity index (χ2v) is 2.95. The average molecular weight is 221 g/mol. The Labute approximate surface area is 82.7 Å². The first-order valence-corrected chi connectivity index (χ1v) is 3.94. The van der Waals surface area contributed by atoms with Gasteiger partial charge in [-0.2, -0.15) is 13.2 Å². The molecule has 0 radical (unpaired) electrons. The Kier molecular flexibility index (Phi) is 2.97. The molecule has 82 valence electrons. The minimum atomic E-state index is -4.59. The number of hydrogen-bond acceptors (Lipinski definition) is 2. The van der Waals surface area contributed by atoms with E-state index in [1.807, 2.05) is 0 Å². The highest BCUT2D eigenvalue weighted by Gasteiger charge is 2.31. The number of hydrogen-bond donors (Lipinski definition) is 1. The van der Waals surface area contributed by atoms with Crippen LogP contribution < -0.4 is 5.73 Å². The molecule has 2 N–H and O–H groups in total. The molecule has 2 nitrogen and oxygen atoms in total. The maximum absolute atomic E-state index is 12.8. The minimum Gasteiger partial charge on any atom is -0.396 e. The van der Waals surface area contributed by atoms with Crippen LogP contribution in [-0.2, 0) is 0 Å². The van der Waals surface area contributed by atoms with E-state index in [1.165, 1.54) is 0 Å². The highest BCUT2D eigenvalue weighted by molar-refractivity contribution is 5.96. The highest BCUT2D eigenvalue weighted by Crippen LogP contribution is 2.23. The van der Waals surface area contributed by atoms with E-state index in [9.17, 15) is 22.4 Å². The standard InChI is InChI=1S/C9H7F4NO/c10-6-3-5(1-2-7(6)14)8(15)4-9(11,12)13/h1-3H,4,14H2. The number of carbonyl (C=O) groups excluding carboxylic acids is 1. The van der Waals surface area contributed by atoms with Crippen molar-refractivity contribution >= 4 is 11.5 Å². The number of rotatable bonds is 2. The molecule has 6 heteroatoms. The van der Waals surface area contributed by atoms with Crippen LogP contribution in [0.1, 0.15) is 16.8 Å². The average Bonchev–Trinajstić information content (AvgIpc) is 2.06. The largest absolute Gasteiger partial charge is 0.396 e. The quantitative estimate of drug-likeness (QED) is 0.473. The molecule has 0 unspecified atom stereocenters. The third-order valence-electron chi connectivity index (χ3n) is 1.68. The van der Waals surface area contributed by atoms with Gasteiger partial charge in [0.15, 0.2) is 5.78 Å². The smallest absolute Gasteiger partial charge is 0.396 e. The maximum Gasteiger partial charge on any atom is 0.396 e. The molecular formula is C9H7F4NO. The zero-order chi connectivity index (χ0) is 11.6. The summed E-state index contributed by atoms with van der Waals surface area (Å²) in [5.74, 6) is -2.08. The zero-order valence-corrected chi connectivity index (χ0v) is 7.44. The first-order chi connectivity index (χ1) is 6.79. The van der Waals surface area contributed by atoms with Crippen LogP contribution in [0.15, 0.2) is 18.2 Å². The van der Waals surface area contributed by atoms with E-state index in [1.54, 1.807) is 0 Å². The number of benzene rings is 1. The lowest BCUT2D eigenvalue weighted by Gasteiger charge is -2.05. The third kappa shape index (κ3) is 3.23. The van der Waals surface area contributed by atoms with Crippen LogP contribution in [0.5, 0.6) is 0 Å². The molecule has 0 aliphatic carbocycles. The van der Waals surface area contributed by atoms with Gasteiger partial charge in [-0.05, 0) is 18.2 Å². The van der Waals surface area contributed by atoms with Gasteiger partial charge in [-0.15, -0.1) is 0 Å². The number of anilines is 1. The highest BCUT2D eigenvalue weighted by atomic mass is 19.4. The lowest BCUT2D eigenvalue weighted by atomic mass is 10.1. The van der Waals surface area contributed by atoms with Gasteiger partial charge in [-0.3, -0.25) is 4.79 Å². The summed E-state index contributed by atoms with van der Waals surface area (Å²) < 4.78 is 48.3. The van der Waals surface area contributed by atoms with Gasteiger partial charge in [0, 0.05) is 5.56 Å². The van der Waals surface area contributed by atoms with Gasteiger partial charge in [-0.1, -0.05) is 0 Å². The van der Waals surface area contributed by atoms with Gasteiger partial charge < -0.3 is 5.73 Å². The van der Waals surface area contributed by atoms with Gasteiger partial charge in [0.1, 0.15) is 12.2 Å². The van der Waals surface area contributed by atoms with Crippen molar-refractivity contribution in [2.75, 3.05) is 5.73 Å². The fraction of sp³-hybridized carbons (Fsp3) is 0.222. The van der Waals surface area contributed by atoms with E-state index >= 15 is 0 Å². The van der Waals surface area contributed by atoms with Gasteiger partial charge in [0.25, 0.3) is 0 Å². The lowest BCUT2D eigenvalue weighted by Crippen LogP contribution is -2.15. The molecule has 1 aromatic carbocycles. The summed E-state index contributed by atoms with van der Waals surface area (Å²) in [7, 11) is 0. The Hall–Kier alpha value is -1.59. The van der Waals surface area contributed by atoms with E-state index in [4.69, 9.17) is 5.73 Å². The minimum absolute atomic E-state index is 0.210. The lowest BCUT2D eigenvalue weighted by molar-refractivity contribution is -0.125. The second-order valence-electron chi connectivity index (χ2n) is 2.95. The van der Waals surface area contributed by atoms with Crippen LogP contribution >= 0.6 is 0 Å². The van der Waals surface area contributed by atoms with Crippen LogP contribution in [0, 0.1) is 5.82 Å². The summed E-state index contributed by atoms with van der Waals surface area (Å²) in [4.78, 5) is 11.0. The monoisotopic (exact) mass is 221 g/mol. The number of ketones is 1. The Morgan fingerprint density at radius 2 is 1.93 bits per heavy atom. The van der Waals surface area contributed by atoms with Gasteiger partial charge in [-0.25, -0.2) is 4.39 Å². The summed E-state index contributed by atoms with van der Waals surface area (Å²) in [6, 6.07) is 2.81. The number of Topliss-reactive ketones (excluding diaryl/α,β-unsaturated/α-hetero) is 1. The van der Waals surface area contributed by atoms with Crippen molar-refractivity contribution in [3.05, 3.63) is 29.6 Å². The molecular weight excluding hydrogens is 214 g/mol. The SMILES string of the molecule is Nc1ccc(C(=O)CC(F)(F)F)cc1F. The first kappa shape index (κ1) is 11.5. The molecule has 0 fully saturated rings. The normalized spacial score (nSPS) is 11.5. The van der Waals surface area contributed by atoms with E-state index in [0.717, 1.165) is 12.1 Å². The third-order valence-corrected chi connectivity index (χ3v) is 1.68. The fourth-order valence-corrected chi connectivity index (χ4v) is 0.985. The van der Waals surface area contributed by atoms with Gasteiger partial charge in [0.05, 0.1) is 5.69 Å². The van der Waals surface area contributed by atoms with Crippen molar-refractivity contribution in [2.45, 2.75) is 12.6 Å². The summed E-state index contributed by atoms with van der Waals surface area (Å²) >= 11 is 0. The van der Waals surface area contributed by atoms with Gasteiger partial charge >= 0.3 is 6.18 Å². The summed E-state index contributed by atoms with van der Waals surface area (Å²) in [6.45, 7) is 0. The molecule has 0 spiro atoms. The van der Waals surface area contributed by atoms with Crippen LogP contribution in [0.3, 0.4) is 0 Å². The van der Waals surface area contributed by atoms with Gasteiger partial charge in [0.2, 0.25) is 0 Å². The molecule has 0 heterocycles. The molecule has 0 saturated heterocycles. The maximum atomic E-state index is 12.8.